The predicted molar refractivity (Wildman–Crippen MR) is 113 cm³/mol. The van der Waals surface area contributed by atoms with Gasteiger partial charge in [0.15, 0.2) is 0 Å². The maximum absolute atomic E-state index is 14.9. The average molecular weight is 480 g/mol. The number of fused-ring (bicyclic) bond motifs is 3. The van der Waals surface area contributed by atoms with E-state index in [1.54, 1.807) is 13.8 Å². The van der Waals surface area contributed by atoms with Crippen LogP contribution in [-0.2, 0) is 18.8 Å². The third kappa shape index (κ3) is 3.56. The van der Waals surface area contributed by atoms with Crippen molar-refractivity contribution in [2.24, 2.45) is 0 Å². The van der Waals surface area contributed by atoms with Crippen LogP contribution in [0.4, 0.5) is 19.0 Å². The highest BCUT2D eigenvalue weighted by atomic mass is 79.9. The fourth-order valence-electron chi connectivity index (χ4n) is 4.08. The second-order valence-corrected chi connectivity index (χ2v) is 8.48. The second kappa shape index (κ2) is 7.81. The van der Waals surface area contributed by atoms with Crippen molar-refractivity contribution in [2.45, 2.75) is 45.1 Å². The van der Waals surface area contributed by atoms with Crippen molar-refractivity contribution in [3.8, 4) is 0 Å². The number of hydrogen-bond acceptors (Lipinski definition) is 4. The van der Waals surface area contributed by atoms with Crippen LogP contribution in [0, 0.1) is 12.7 Å². The molecule has 0 fully saturated rings. The molecule has 1 atom stereocenters. The Morgan fingerprint density at radius 3 is 2.70 bits per heavy atom. The molecule has 4 rings (SSSR count). The number of rotatable bonds is 5. The maximum atomic E-state index is 14.9. The highest BCUT2D eigenvalue weighted by Crippen LogP contribution is 2.38. The van der Waals surface area contributed by atoms with Crippen molar-refractivity contribution in [3.63, 3.8) is 0 Å². The molecule has 0 aliphatic heterocycles. The van der Waals surface area contributed by atoms with E-state index in [0.717, 1.165) is 40.7 Å². The summed E-state index contributed by atoms with van der Waals surface area (Å²) in [6.45, 7) is 2.02. The fraction of sp³-hybridized carbons (Fsp3) is 0.364. The van der Waals surface area contributed by atoms with Crippen molar-refractivity contribution in [1.82, 2.24) is 9.97 Å². The molecule has 1 unspecified atom stereocenters. The van der Waals surface area contributed by atoms with E-state index in [9.17, 15) is 13.2 Å². The zero-order valence-electron chi connectivity index (χ0n) is 16.6. The minimum atomic E-state index is -3.65. The van der Waals surface area contributed by atoms with E-state index >= 15 is 0 Å². The molecule has 0 spiro atoms. The van der Waals surface area contributed by atoms with Gasteiger partial charge in [0.2, 0.25) is 0 Å². The smallest absolute Gasteiger partial charge is 0.298 e. The second-order valence-electron chi connectivity index (χ2n) is 7.62. The number of aromatic nitrogens is 2. The van der Waals surface area contributed by atoms with Gasteiger partial charge < -0.3 is 10.4 Å². The maximum Gasteiger partial charge on any atom is 0.298 e. The number of aliphatic hydroxyl groups excluding tert-OH is 1. The molecule has 0 saturated carbocycles. The van der Waals surface area contributed by atoms with E-state index in [0.29, 0.717) is 11.6 Å². The summed E-state index contributed by atoms with van der Waals surface area (Å²) < 4.78 is 43.7. The summed E-state index contributed by atoms with van der Waals surface area (Å²) in [4.78, 5) is 9.13. The first-order valence-corrected chi connectivity index (χ1v) is 10.5. The topological polar surface area (TPSA) is 58.0 Å². The van der Waals surface area contributed by atoms with Crippen molar-refractivity contribution >= 4 is 32.7 Å². The first-order valence-electron chi connectivity index (χ1n) is 9.75. The Morgan fingerprint density at radius 2 is 1.97 bits per heavy atom. The minimum absolute atomic E-state index is 0.0743. The van der Waals surface area contributed by atoms with Crippen LogP contribution in [0.15, 0.2) is 28.7 Å². The van der Waals surface area contributed by atoms with Gasteiger partial charge in [0, 0.05) is 15.4 Å². The first-order chi connectivity index (χ1) is 14.2. The molecule has 1 aliphatic carbocycles. The number of benzene rings is 2. The largest absolute Gasteiger partial charge is 0.390 e. The Bertz CT molecular complexity index is 1140. The van der Waals surface area contributed by atoms with Crippen LogP contribution in [0.5, 0.6) is 0 Å². The Hall–Kier alpha value is -2.19. The Morgan fingerprint density at radius 1 is 1.23 bits per heavy atom. The summed E-state index contributed by atoms with van der Waals surface area (Å²) in [6.07, 6.45) is 2.99. The van der Waals surface area contributed by atoms with Crippen molar-refractivity contribution in [2.75, 3.05) is 11.9 Å². The van der Waals surface area contributed by atoms with Gasteiger partial charge in [-0.1, -0.05) is 28.1 Å². The fourth-order valence-corrected chi connectivity index (χ4v) is 4.74. The number of halogens is 4. The summed E-state index contributed by atoms with van der Waals surface area (Å²) in [5, 5.41) is 12.9. The zero-order valence-corrected chi connectivity index (χ0v) is 18.2. The van der Waals surface area contributed by atoms with Crippen molar-refractivity contribution < 1.29 is 18.3 Å². The Kier molecular flexibility index (Phi) is 5.48. The number of nitrogens with one attached hydrogen (secondary N) is 1. The Balaban J connectivity index is 1.77. The summed E-state index contributed by atoms with van der Waals surface area (Å²) >= 11 is 3.63. The number of nitrogens with zero attached hydrogens (tertiary/aromatic N) is 2. The van der Waals surface area contributed by atoms with Crippen LogP contribution in [0.1, 0.15) is 47.5 Å². The standard InChI is InChI=1S/C22H21BrF3N3O/c1-11(13-5-4-8-17(19(13)24)22(25,26)10-30)27-21-16-9-18(23)14-6-3-7-15(14)20(16)28-12(2)29-21/h4-5,8-9,11,30H,3,6-7,10H2,1-2H3,(H,27,28,29). The molecule has 2 aromatic carbocycles. The predicted octanol–water partition coefficient (Wildman–Crippen LogP) is 5.59. The molecule has 1 aliphatic rings. The average Bonchev–Trinajstić information content (AvgIpc) is 3.20. The number of aliphatic hydroxyl groups is 1. The van der Waals surface area contributed by atoms with Gasteiger partial charge in [0.05, 0.1) is 17.1 Å². The molecular weight excluding hydrogens is 459 g/mol. The summed E-state index contributed by atoms with van der Waals surface area (Å²) in [5.41, 5.74) is 2.57. The monoisotopic (exact) mass is 479 g/mol. The zero-order chi connectivity index (χ0) is 21.6. The lowest BCUT2D eigenvalue weighted by atomic mass is 10.00. The lowest BCUT2D eigenvalue weighted by molar-refractivity contribution is -0.0583. The molecule has 1 heterocycles. The van der Waals surface area contributed by atoms with E-state index in [4.69, 9.17) is 5.11 Å². The van der Waals surface area contributed by atoms with Gasteiger partial charge in [-0.2, -0.15) is 8.78 Å². The van der Waals surface area contributed by atoms with Crippen LogP contribution >= 0.6 is 15.9 Å². The quantitative estimate of drug-likeness (QED) is 0.500. The van der Waals surface area contributed by atoms with Crippen LogP contribution < -0.4 is 5.32 Å². The molecule has 0 saturated heterocycles. The summed E-state index contributed by atoms with van der Waals surface area (Å²) in [5.74, 6) is -3.58. The molecule has 1 aromatic heterocycles. The van der Waals surface area contributed by atoms with E-state index in [2.05, 4.69) is 31.2 Å². The van der Waals surface area contributed by atoms with Gasteiger partial charge in [-0.3, -0.25) is 0 Å². The molecule has 4 nitrogen and oxygen atoms in total. The van der Waals surface area contributed by atoms with E-state index < -0.39 is 30.0 Å². The summed E-state index contributed by atoms with van der Waals surface area (Å²) in [6, 6.07) is 5.13. The molecule has 0 bridgehead atoms. The third-order valence-corrected chi connectivity index (χ3v) is 6.27. The SMILES string of the molecule is Cc1nc(NC(C)c2cccc(C(F)(F)CO)c2F)c2cc(Br)c3c(c2n1)CCC3. The molecular formula is C22H21BrF3N3O. The molecule has 8 heteroatoms. The van der Waals surface area contributed by atoms with Gasteiger partial charge in [0.25, 0.3) is 5.92 Å². The van der Waals surface area contributed by atoms with Gasteiger partial charge in [-0.15, -0.1) is 0 Å². The highest BCUT2D eigenvalue weighted by molar-refractivity contribution is 9.10. The normalized spacial score (nSPS) is 14.8. The lowest BCUT2D eigenvalue weighted by Gasteiger charge is -2.21. The van der Waals surface area contributed by atoms with Gasteiger partial charge in [0.1, 0.15) is 24.1 Å². The molecule has 3 aromatic rings. The summed E-state index contributed by atoms with van der Waals surface area (Å²) in [7, 11) is 0. The van der Waals surface area contributed by atoms with Gasteiger partial charge >= 0.3 is 0 Å². The van der Waals surface area contributed by atoms with E-state index in [1.165, 1.54) is 23.3 Å². The van der Waals surface area contributed by atoms with Crippen LogP contribution in [0.3, 0.4) is 0 Å². The lowest BCUT2D eigenvalue weighted by Crippen LogP contribution is -2.22. The van der Waals surface area contributed by atoms with Gasteiger partial charge in [-0.25, -0.2) is 14.4 Å². The molecule has 2 N–H and O–H groups in total. The van der Waals surface area contributed by atoms with Crippen LogP contribution in [0.2, 0.25) is 0 Å². The Labute approximate surface area is 180 Å². The number of aryl methyl sites for hydroxylation is 2. The van der Waals surface area contributed by atoms with Crippen molar-refractivity contribution in [1.29, 1.82) is 0 Å². The van der Waals surface area contributed by atoms with Crippen LogP contribution in [-0.4, -0.2) is 21.7 Å². The first kappa shape index (κ1) is 21.1. The molecule has 0 radical (unpaired) electrons. The van der Waals surface area contributed by atoms with Crippen molar-refractivity contribution in [3.05, 3.63) is 62.6 Å². The minimum Gasteiger partial charge on any atom is -0.390 e. The molecule has 30 heavy (non-hydrogen) atoms. The number of anilines is 1. The number of alkyl halides is 2. The third-order valence-electron chi connectivity index (χ3n) is 5.56. The highest BCUT2D eigenvalue weighted by Gasteiger charge is 2.35. The van der Waals surface area contributed by atoms with Gasteiger partial charge in [-0.05, 0) is 56.4 Å². The number of hydrogen-bond donors (Lipinski definition) is 2. The molecule has 158 valence electrons. The van der Waals surface area contributed by atoms with E-state index in [1.807, 2.05) is 6.07 Å². The van der Waals surface area contributed by atoms with E-state index in [-0.39, 0.29) is 5.56 Å². The van der Waals surface area contributed by atoms with Crippen LogP contribution in [0.25, 0.3) is 10.9 Å². The molecule has 0 amide bonds.